The predicted octanol–water partition coefficient (Wildman–Crippen LogP) is 4.11. The van der Waals surface area contributed by atoms with Crippen LogP contribution in [0.5, 0.6) is 0 Å². The number of nitrogens with zero attached hydrogens (tertiary/aromatic N) is 7. The number of rotatable bonds is 5. The molecule has 1 aliphatic heterocycles. The third-order valence-corrected chi connectivity index (χ3v) is 6.49. The van der Waals surface area contributed by atoms with E-state index >= 15 is 0 Å². The Morgan fingerprint density at radius 2 is 2.09 bits per heavy atom. The van der Waals surface area contributed by atoms with Gasteiger partial charge in [0.25, 0.3) is 5.91 Å². The first-order chi connectivity index (χ1) is 17.0. The SMILES string of the molecule is Cc1cc(F)c(C(=O)Nc2cccc(-c3nnc4n3[C@H](C#N)CC4)n2)cc1-n1cnc(C2CC2)c1. The highest BCUT2D eigenvalue weighted by molar-refractivity contribution is 6.04. The number of benzene rings is 1. The molecule has 4 aromatic rings. The smallest absolute Gasteiger partial charge is 0.259 e. The summed E-state index contributed by atoms with van der Waals surface area (Å²) >= 11 is 0. The Balaban J connectivity index is 1.28. The fourth-order valence-electron chi connectivity index (χ4n) is 4.50. The lowest BCUT2D eigenvalue weighted by molar-refractivity contribution is 0.102. The van der Waals surface area contributed by atoms with Crippen molar-refractivity contribution in [1.29, 1.82) is 5.26 Å². The lowest BCUT2D eigenvalue weighted by atomic mass is 10.1. The fourth-order valence-corrected chi connectivity index (χ4v) is 4.50. The van der Waals surface area contributed by atoms with Gasteiger partial charge < -0.3 is 9.88 Å². The summed E-state index contributed by atoms with van der Waals surface area (Å²) in [6, 6.07) is 9.88. The molecule has 35 heavy (non-hydrogen) atoms. The van der Waals surface area contributed by atoms with Crippen LogP contribution in [0.4, 0.5) is 10.2 Å². The van der Waals surface area contributed by atoms with Gasteiger partial charge in [-0.25, -0.2) is 14.4 Å². The highest BCUT2D eigenvalue weighted by Gasteiger charge is 2.28. The van der Waals surface area contributed by atoms with Gasteiger partial charge in [-0.05, 0) is 56.0 Å². The largest absolute Gasteiger partial charge is 0.306 e. The number of aryl methyl sites for hydroxylation is 2. The number of hydrogen-bond donors (Lipinski definition) is 1. The summed E-state index contributed by atoms with van der Waals surface area (Å²) in [5.41, 5.74) is 2.79. The first-order valence-corrected chi connectivity index (χ1v) is 11.5. The van der Waals surface area contributed by atoms with E-state index in [9.17, 15) is 14.4 Å². The molecular weight excluding hydrogens is 447 g/mol. The molecule has 2 aliphatic rings. The van der Waals surface area contributed by atoms with Gasteiger partial charge in [-0.15, -0.1) is 10.2 Å². The average Bonchev–Trinajstić information content (AvgIpc) is 3.25. The minimum atomic E-state index is -0.616. The van der Waals surface area contributed by atoms with E-state index in [0.29, 0.717) is 41.5 Å². The molecule has 1 saturated carbocycles. The number of hydrogen-bond acceptors (Lipinski definition) is 6. The Morgan fingerprint density at radius 3 is 2.89 bits per heavy atom. The van der Waals surface area contributed by atoms with Gasteiger partial charge >= 0.3 is 0 Å². The van der Waals surface area contributed by atoms with Crippen molar-refractivity contribution in [3.63, 3.8) is 0 Å². The van der Waals surface area contributed by atoms with Crippen LogP contribution in [0.25, 0.3) is 17.2 Å². The van der Waals surface area contributed by atoms with Crippen molar-refractivity contribution >= 4 is 11.7 Å². The van der Waals surface area contributed by atoms with Crippen LogP contribution in [0, 0.1) is 24.1 Å². The maximum Gasteiger partial charge on any atom is 0.259 e. The number of carbonyl (C=O) groups excluding carboxylic acids is 1. The molecule has 0 saturated heterocycles. The normalized spacial score (nSPS) is 16.7. The Labute approximate surface area is 200 Å². The van der Waals surface area contributed by atoms with Gasteiger partial charge in [-0.1, -0.05) is 6.07 Å². The quantitative estimate of drug-likeness (QED) is 0.471. The van der Waals surface area contributed by atoms with E-state index in [1.807, 2.05) is 10.8 Å². The molecule has 174 valence electrons. The van der Waals surface area contributed by atoms with E-state index in [2.05, 4.69) is 31.6 Å². The molecule has 4 heterocycles. The second kappa shape index (κ2) is 8.13. The molecule has 1 atom stereocenters. The molecule has 1 amide bonds. The third-order valence-electron chi connectivity index (χ3n) is 6.49. The number of pyridine rings is 1. The van der Waals surface area contributed by atoms with Crippen LogP contribution < -0.4 is 5.32 Å². The monoisotopic (exact) mass is 468 g/mol. The molecule has 0 bridgehead atoms. The number of fused-ring (bicyclic) bond motifs is 1. The number of anilines is 1. The van der Waals surface area contributed by atoms with Crippen molar-refractivity contribution in [3.8, 4) is 23.3 Å². The van der Waals surface area contributed by atoms with Crippen LogP contribution >= 0.6 is 0 Å². The number of nitrogens with one attached hydrogen (secondary N) is 1. The number of imidazole rings is 1. The molecule has 6 rings (SSSR count). The Hall–Kier alpha value is -4.39. The summed E-state index contributed by atoms with van der Waals surface area (Å²) in [5, 5.41) is 20.5. The van der Waals surface area contributed by atoms with E-state index in [0.717, 1.165) is 24.4 Å². The standard InChI is InChI=1S/C25H21FN8O/c1-14-9-18(26)17(10-21(14)33-12-20(28-13-33)15-5-6-15)25(35)30-22-4-2-3-19(29-22)24-32-31-23-8-7-16(11-27)34(23)24/h2-4,9-10,12-13,15-16H,5-8H2,1H3,(H,29,30,35)/t16-/m0/s1. The summed E-state index contributed by atoms with van der Waals surface area (Å²) in [6.07, 6.45) is 7.26. The van der Waals surface area contributed by atoms with Crippen molar-refractivity contribution in [2.45, 2.75) is 44.6 Å². The molecule has 1 fully saturated rings. The molecule has 9 nitrogen and oxygen atoms in total. The Morgan fingerprint density at radius 1 is 1.23 bits per heavy atom. The summed E-state index contributed by atoms with van der Waals surface area (Å²) in [7, 11) is 0. The number of amides is 1. The molecule has 0 unspecified atom stereocenters. The van der Waals surface area contributed by atoms with Crippen LogP contribution in [-0.4, -0.2) is 35.2 Å². The van der Waals surface area contributed by atoms with Gasteiger partial charge in [-0.2, -0.15) is 5.26 Å². The number of aromatic nitrogens is 6. The molecule has 1 aromatic carbocycles. The first-order valence-electron chi connectivity index (χ1n) is 11.5. The number of halogens is 1. The van der Waals surface area contributed by atoms with E-state index in [1.165, 1.54) is 12.1 Å². The summed E-state index contributed by atoms with van der Waals surface area (Å²) < 4.78 is 18.4. The average molecular weight is 468 g/mol. The zero-order valence-corrected chi connectivity index (χ0v) is 18.9. The molecule has 10 heteroatoms. The van der Waals surface area contributed by atoms with E-state index < -0.39 is 11.7 Å². The number of nitriles is 1. The van der Waals surface area contributed by atoms with Crippen molar-refractivity contribution < 1.29 is 9.18 Å². The van der Waals surface area contributed by atoms with E-state index in [-0.39, 0.29) is 17.4 Å². The second-order valence-electron chi connectivity index (χ2n) is 8.95. The Bertz CT molecular complexity index is 1510. The van der Waals surface area contributed by atoms with Crippen LogP contribution in [0.2, 0.25) is 0 Å². The minimum Gasteiger partial charge on any atom is -0.306 e. The highest BCUT2D eigenvalue weighted by Crippen LogP contribution is 2.39. The van der Waals surface area contributed by atoms with Crippen LogP contribution in [-0.2, 0) is 6.42 Å². The van der Waals surface area contributed by atoms with Gasteiger partial charge in [0.05, 0.1) is 29.3 Å². The van der Waals surface area contributed by atoms with E-state index in [1.54, 1.807) is 36.0 Å². The maximum absolute atomic E-state index is 14.8. The van der Waals surface area contributed by atoms with Crippen molar-refractivity contribution in [2.75, 3.05) is 5.32 Å². The van der Waals surface area contributed by atoms with Crippen LogP contribution in [0.15, 0.2) is 42.9 Å². The third kappa shape index (κ3) is 3.75. The van der Waals surface area contributed by atoms with Crippen molar-refractivity contribution in [1.82, 2.24) is 29.3 Å². The lowest BCUT2D eigenvalue weighted by Crippen LogP contribution is -2.16. The summed E-state index contributed by atoms with van der Waals surface area (Å²) in [6.45, 7) is 1.80. The van der Waals surface area contributed by atoms with Gasteiger partial charge in [-0.3, -0.25) is 9.36 Å². The summed E-state index contributed by atoms with van der Waals surface area (Å²) in [4.78, 5) is 22.0. The molecule has 3 aromatic heterocycles. The minimum absolute atomic E-state index is 0.0904. The molecule has 0 spiro atoms. The number of carbonyl (C=O) groups is 1. The second-order valence-corrected chi connectivity index (χ2v) is 8.95. The Kier molecular flexibility index (Phi) is 4.91. The van der Waals surface area contributed by atoms with Gasteiger partial charge in [0.2, 0.25) is 0 Å². The predicted molar refractivity (Wildman–Crippen MR) is 124 cm³/mol. The van der Waals surface area contributed by atoms with Crippen LogP contribution in [0.3, 0.4) is 0 Å². The molecule has 1 aliphatic carbocycles. The molecule has 0 radical (unpaired) electrons. The van der Waals surface area contributed by atoms with Gasteiger partial charge in [0, 0.05) is 18.5 Å². The molecule has 1 N–H and O–H groups in total. The lowest BCUT2D eigenvalue weighted by Gasteiger charge is -2.12. The van der Waals surface area contributed by atoms with Crippen molar-refractivity contribution in [2.24, 2.45) is 0 Å². The zero-order valence-electron chi connectivity index (χ0n) is 18.9. The fraction of sp³-hybridized carbons (Fsp3) is 0.280. The van der Waals surface area contributed by atoms with E-state index in [4.69, 9.17) is 0 Å². The van der Waals surface area contributed by atoms with Crippen molar-refractivity contribution in [3.05, 3.63) is 71.3 Å². The maximum atomic E-state index is 14.8. The topological polar surface area (TPSA) is 114 Å². The highest BCUT2D eigenvalue weighted by atomic mass is 19.1. The summed E-state index contributed by atoms with van der Waals surface area (Å²) in [5.74, 6) is 0.716. The molecular formula is C25H21FN8O. The van der Waals surface area contributed by atoms with Gasteiger partial charge in [0.1, 0.15) is 29.2 Å². The van der Waals surface area contributed by atoms with Crippen LogP contribution in [0.1, 0.15) is 58.7 Å². The zero-order chi connectivity index (χ0) is 24.1. The first kappa shape index (κ1) is 21.2. The van der Waals surface area contributed by atoms with Gasteiger partial charge in [0.15, 0.2) is 5.82 Å².